The molecular formula is C16H11BrClFS. The van der Waals surface area contributed by atoms with E-state index in [2.05, 4.69) is 15.9 Å². The highest BCUT2D eigenvalue weighted by Crippen LogP contribution is 2.40. The first-order valence-electron chi connectivity index (χ1n) is 6.14. The number of halogens is 3. The van der Waals surface area contributed by atoms with Crippen LogP contribution in [0.15, 0.2) is 46.3 Å². The first-order valence-corrected chi connectivity index (χ1v) is 8.25. The van der Waals surface area contributed by atoms with Crippen LogP contribution in [0, 0.1) is 12.7 Å². The second kappa shape index (κ2) is 5.47. The molecule has 4 heteroatoms. The molecule has 102 valence electrons. The molecular weight excluding hydrogens is 359 g/mol. The number of rotatable bonds is 2. The molecule has 0 aliphatic heterocycles. The summed E-state index contributed by atoms with van der Waals surface area (Å²) in [5.41, 5.74) is 2.11. The number of fused-ring (bicyclic) bond motifs is 1. The number of benzene rings is 2. The molecule has 1 atom stereocenters. The predicted molar refractivity (Wildman–Crippen MR) is 88.4 cm³/mol. The number of alkyl halides is 1. The van der Waals surface area contributed by atoms with Crippen LogP contribution in [0.3, 0.4) is 0 Å². The Balaban J connectivity index is 2.16. The highest BCUT2D eigenvalue weighted by atomic mass is 79.9. The van der Waals surface area contributed by atoms with Crippen LogP contribution in [0.4, 0.5) is 4.39 Å². The van der Waals surface area contributed by atoms with Crippen molar-refractivity contribution in [2.75, 3.05) is 0 Å². The second-order valence-corrected chi connectivity index (χ2v) is 6.82. The van der Waals surface area contributed by atoms with E-state index >= 15 is 0 Å². The van der Waals surface area contributed by atoms with E-state index in [-0.39, 0.29) is 5.82 Å². The molecule has 3 rings (SSSR count). The van der Waals surface area contributed by atoms with E-state index in [1.54, 1.807) is 30.4 Å². The third kappa shape index (κ3) is 2.28. The average molecular weight is 370 g/mol. The fraction of sp³-hybridized carbons (Fsp3) is 0.125. The van der Waals surface area contributed by atoms with Gasteiger partial charge in [-0.2, -0.15) is 0 Å². The van der Waals surface area contributed by atoms with Crippen LogP contribution in [-0.4, -0.2) is 0 Å². The van der Waals surface area contributed by atoms with Crippen LogP contribution in [0.2, 0.25) is 0 Å². The minimum atomic E-state index is -0.474. The minimum absolute atomic E-state index is 0.221. The van der Waals surface area contributed by atoms with E-state index in [9.17, 15) is 4.39 Å². The number of aryl methyl sites for hydroxylation is 1. The Bertz CT molecular complexity index is 781. The molecule has 1 heterocycles. The SMILES string of the molecule is Cc1cccc(C(Cl)c2csc3c(Br)cccc23)c1F. The zero-order chi connectivity index (χ0) is 14.3. The Kier molecular flexibility index (Phi) is 3.85. The molecule has 3 aromatic rings. The monoisotopic (exact) mass is 368 g/mol. The number of hydrogen-bond acceptors (Lipinski definition) is 1. The molecule has 0 N–H and O–H groups in total. The van der Waals surface area contributed by atoms with E-state index in [1.807, 2.05) is 29.6 Å². The van der Waals surface area contributed by atoms with Gasteiger partial charge in [-0.1, -0.05) is 30.3 Å². The van der Waals surface area contributed by atoms with Gasteiger partial charge in [0, 0.05) is 14.7 Å². The lowest BCUT2D eigenvalue weighted by Gasteiger charge is -2.12. The Morgan fingerprint density at radius 3 is 2.70 bits per heavy atom. The Hall–Kier alpha value is -0.900. The maximum absolute atomic E-state index is 14.2. The van der Waals surface area contributed by atoms with Crippen molar-refractivity contribution in [1.82, 2.24) is 0 Å². The summed E-state index contributed by atoms with van der Waals surface area (Å²) in [5, 5.41) is 2.61. The van der Waals surface area contributed by atoms with Crippen molar-refractivity contribution in [1.29, 1.82) is 0 Å². The van der Waals surface area contributed by atoms with Crippen molar-refractivity contribution in [2.45, 2.75) is 12.3 Å². The molecule has 0 bridgehead atoms. The standard InChI is InChI=1S/C16H11BrClFS/c1-9-4-2-6-11(15(9)19)14(18)12-8-20-16-10(12)5-3-7-13(16)17/h2-8,14H,1H3. The van der Waals surface area contributed by atoms with E-state index in [1.165, 1.54) is 0 Å². The summed E-state index contributed by atoms with van der Waals surface area (Å²) in [4.78, 5) is 0. The molecule has 0 saturated heterocycles. The first-order chi connectivity index (χ1) is 9.59. The summed E-state index contributed by atoms with van der Waals surface area (Å²) < 4.78 is 16.4. The van der Waals surface area contributed by atoms with Crippen LogP contribution in [0.1, 0.15) is 22.1 Å². The molecule has 1 aromatic heterocycles. The molecule has 0 nitrogen and oxygen atoms in total. The fourth-order valence-corrected chi connectivity index (χ4v) is 4.34. The second-order valence-electron chi connectivity index (χ2n) is 4.65. The molecule has 0 radical (unpaired) electrons. The average Bonchev–Trinajstić information content (AvgIpc) is 2.86. The zero-order valence-electron chi connectivity index (χ0n) is 10.7. The molecule has 20 heavy (non-hydrogen) atoms. The molecule has 2 aromatic carbocycles. The minimum Gasteiger partial charge on any atom is -0.206 e. The molecule has 0 fully saturated rings. The first kappa shape index (κ1) is 14.1. The van der Waals surface area contributed by atoms with Crippen molar-refractivity contribution >= 4 is 49.0 Å². The Morgan fingerprint density at radius 2 is 1.90 bits per heavy atom. The lowest BCUT2D eigenvalue weighted by atomic mass is 10.0. The lowest BCUT2D eigenvalue weighted by molar-refractivity contribution is 0.603. The van der Waals surface area contributed by atoms with Gasteiger partial charge >= 0.3 is 0 Å². The van der Waals surface area contributed by atoms with Crippen molar-refractivity contribution in [3.63, 3.8) is 0 Å². The van der Waals surface area contributed by atoms with Gasteiger partial charge in [0.1, 0.15) is 5.82 Å². The summed E-state index contributed by atoms with van der Waals surface area (Å²) in [6.45, 7) is 1.75. The van der Waals surface area contributed by atoms with Gasteiger partial charge < -0.3 is 0 Å². The molecule has 1 unspecified atom stereocenters. The number of thiophene rings is 1. The van der Waals surface area contributed by atoms with Gasteiger partial charge in [-0.25, -0.2) is 4.39 Å². The number of hydrogen-bond donors (Lipinski definition) is 0. The van der Waals surface area contributed by atoms with Crippen molar-refractivity contribution in [3.8, 4) is 0 Å². The predicted octanol–water partition coefficient (Wildman–Crippen LogP) is 6.44. The lowest BCUT2D eigenvalue weighted by Crippen LogP contribution is -1.98. The van der Waals surface area contributed by atoms with Gasteiger partial charge in [-0.15, -0.1) is 22.9 Å². The van der Waals surface area contributed by atoms with Gasteiger partial charge in [-0.3, -0.25) is 0 Å². The van der Waals surface area contributed by atoms with E-state index < -0.39 is 5.38 Å². The zero-order valence-corrected chi connectivity index (χ0v) is 13.8. The summed E-state index contributed by atoms with van der Waals surface area (Å²) in [6.07, 6.45) is 0. The van der Waals surface area contributed by atoms with E-state index in [4.69, 9.17) is 11.6 Å². The largest absolute Gasteiger partial charge is 0.206 e. The van der Waals surface area contributed by atoms with Gasteiger partial charge in [0.15, 0.2) is 0 Å². The summed E-state index contributed by atoms with van der Waals surface area (Å²) in [6, 6.07) is 11.3. The van der Waals surface area contributed by atoms with Crippen molar-refractivity contribution in [3.05, 3.63) is 68.8 Å². The van der Waals surface area contributed by atoms with Crippen molar-refractivity contribution < 1.29 is 4.39 Å². The topological polar surface area (TPSA) is 0 Å². The van der Waals surface area contributed by atoms with Crippen LogP contribution in [-0.2, 0) is 0 Å². The Labute approximate surface area is 134 Å². The quantitative estimate of drug-likeness (QED) is 0.456. The Morgan fingerprint density at radius 1 is 1.15 bits per heavy atom. The van der Waals surface area contributed by atoms with Crippen LogP contribution in [0.25, 0.3) is 10.1 Å². The molecule has 0 amide bonds. The van der Waals surface area contributed by atoms with Gasteiger partial charge in [0.25, 0.3) is 0 Å². The third-order valence-corrected chi connectivity index (χ3v) is 5.79. The smallest absolute Gasteiger partial charge is 0.131 e. The molecule has 0 spiro atoms. The van der Waals surface area contributed by atoms with Gasteiger partial charge in [-0.05, 0) is 50.8 Å². The van der Waals surface area contributed by atoms with Crippen LogP contribution < -0.4 is 0 Å². The highest BCUT2D eigenvalue weighted by Gasteiger charge is 2.20. The maximum atomic E-state index is 14.2. The molecule has 0 saturated carbocycles. The maximum Gasteiger partial charge on any atom is 0.131 e. The third-order valence-electron chi connectivity index (χ3n) is 3.35. The molecule has 0 aliphatic carbocycles. The van der Waals surface area contributed by atoms with Gasteiger partial charge in [0.05, 0.1) is 5.38 Å². The normalized spacial score (nSPS) is 12.8. The van der Waals surface area contributed by atoms with Crippen LogP contribution in [0.5, 0.6) is 0 Å². The summed E-state index contributed by atoms with van der Waals surface area (Å²) in [5.74, 6) is -0.221. The highest BCUT2D eigenvalue weighted by molar-refractivity contribution is 9.10. The summed E-state index contributed by atoms with van der Waals surface area (Å²) in [7, 11) is 0. The van der Waals surface area contributed by atoms with Crippen molar-refractivity contribution in [2.24, 2.45) is 0 Å². The van der Waals surface area contributed by atoms with E-state index in [0.717, 1.165) is 20.1 Å². The summed E-state index contributed by atoms with van der Waals surface area (Å²) >= 11 is 11.7. The molecule has 0 aliphatic rings. The van der Waals surface area contributed by atoms with Gasteiger partial charge in [0.2, 0.25) is 0 Å². The van der Waals surface area contributed by atoms with Crippen LogP contribution >= 0.6 is 38.9 Å². The van der Waals surface area contributed by atoms with E-state index in [0.29, 0.717) is 11.1 Å². The fourth-order valence-electron chi connectivity index (χ4n) is 2.27.